The Balaban J connectivity index is 2.06. The second kappa shape index (κ2) is 6.67. The van der Waals surface area contributed by atoms with Gasteiger partial charge in [-0.15, -0.1) is 0 Å². The Labute approximate surface area is 125 Å². The summed E-state index contributed by atoms with van der Waals surface area (Å²) in [6.07, 6.45) is 6.22. The van der Waals surface area contributed by atoms with Crippen molar-refractivity contribution in [2.75, 3.05) is 5.32 Å². The Kier molecular flexibility index (Phi) is 4.68. The first-order chi connectivity index (χ1) is 10.1. The van der Waals surface area contributed by atoms with E-state index in [1.54, 1.807) is 24.5 Å². The summed E-state index contributed by atoms with van der Waals surface area (Å²) in [5, 5.41) is 11.6. The number of pyridine rings is 1. The van der Waals surface area contributed by atoms with Crippen molar-refractivity contribution < 1.29 is 14.7 Å². The molecule has 0 aliphatic heterocycles. The van der Waals surface area contributed by atoms with E-state index in [1.165, 1.54) is 24.3 Å². The van der Waals surface area contributed by atoms with Gasteiger partial charge in [0.25, 0.3) is 0 Å². The molecule has 0 aliphatic rings. The molecule has 106 valence electrons. The molecule has 21 heavy (non-hydrogen) atoms. The number of aromatic nitrogens is 1. The molecule has 0 saturated heterocycles. The molecule has 0 bridgehead atoms. The van der Waals surface area contributed by atoms with Gasteiger partial charge >= 0.3 is 5.97 Å². The third kappa shape index (κ3) is 4.15. The predicted molar refractivity (Wildman–Crippen MR) is 80.3 cm³/mol. The van der Waals surface area contributed by atoms with Gasteiger partial charge in [-0.2, -0.15) is 0 Å². The minimum atomic E-state index is -1.08. The maximum absolute atomic E-state index is 11.8. The lowest BCUT2D eigenvalue weighted by Crippen LogP contribution is -2.08. The molecule has 2 rings (SSSR count). The topological polar surface area (TPSA) is 79.3 Å². The highest BCUT2D eigenvalue weighted by molar-refractivity contribution is 6.34. The maximum Gasteiger partial charge on any atom is 0.335 e. The van der Waals surface area contributed by atoms with Crippen molar-refractivity contribution >= 4 is 35.2 Å². The second-order valence-corrected chi connectivity index (χ2v) is 4.52. The number of benzene rings is 1. The van der Waals surface area contributed by atoms with E-state index in [2.05, 4.69) is 10.3 Å². The summed E-state index contributed by atoms with van der Waals surface area (Å²) in [7, 11) is 0. The lowest BCUT2D eigenvalue weighted by atomic mass is 10.2. The number of aromatic carboxylic acids is 1. The van der Waals surface area contributed by atoms with Crippen molar-refractivity contribution in [2.24, 2.45) is 0 Å². The van der Waals surface area contributed by atoms with Crippen LogP contribution >= 0.6 is 11.6 Å². The molecule has 1 amide bonds. The smallest absolute Gasteiger partial charge is 0.335 e. The van der Waals surface area contributed by atoms with E-state index in [4.69, 9.17) is 16.7 Å². The minimum absolute atomic E-state index is 0.0592. The average molecular weight is 303 g/mol. The van der Waals surface area contributed by atoms with Crippen LogP contribution in [0.15, 0.2) is 48.8 Å². The van der Waals surface area contributed by atoms with Crippen LogP contribution in [-0.4, -0.2) is 22.0 Å². The lowest BCUT2D eigenvalue weighted by molar-refractivity contribution is -0.111. The molecule has 0 atom stereocenters. The monoisotopic (exact) mass is 302 g/mol. The molecular formula is C15H11ClN2O3. The van der Waals surface area contributed by atoms with Crippen LogP contribution in [0.25, 0.3) is 6.08 Å². The summed E-state index contributed by atoms with van der Waals surface area (Å²) in [5.74, 6) is -1.45. The van der Waals surface area contributed by atoms with Crippen molar-refractivity contribution in [2.45, 2.75) is 0 Å². The normalized spacial score (nSPS) is 10.5. The number of hydrogen-bond donors (Lipinski definition) is 2. The highest BCUT2D eigenvalue weighted by Crippen LogP contribution is 2.23. The number of carboxylic acids is 1. The summed E-state index contributed by atoms with van der Waals surface area (Å²) < 4.78 is 0. The standard InChI is InChI=1S/C15H11ClN2O3/c16-12-8-11(15(20)21)4-5-13(12)18-14(19)6-3-10-2-1-7-17-9-10/h1-9H,(H,18,19)(H,20,21). The van der Waals surface area contributed by atoms with Crippen LogP contribution in [-0.2, 0) is 4.79 Å². The first-order valence-electron chi connectivity index (χ1n) is 5.98. The third-order valence-electron chi connectivity index (χ3n) is 2.59. The number of nitrogens with zero attached hydrogens (tertiary/aromatic N) is 1. The molecule has 1 aromatic carbocycles. The fourth-order valence-corrected chi connectivity index (χ4v) is 1.80. The molecule has 2 aromatic rings. The van der Waals surface area contributed by atoms with E-state index >= 15 is 0 Å². The number of nitrogens with one attached hydrogen (secondary N) is 1. The second-order valence-electron chi connectivity index (χ2n) is 4.11. The Morgan fingerprint density at radius 2 is 2.10 bits per heavy atom. The van der Waals surface area contributed by atoms with E-state index in [9.17, 15) is 9.59 Å². The molecular weight excluding hydrogens is 292 g/mol. The molecule has 0 saturated carbocycles. The molecule has 1 heterocycles. The number of carbonyl (C=O) groups excluding carboxylic acids is 1. The van der Waals surface area contributed by atoms with Gasteiger partial charge in [-0.3, -0.25) is 9.78 Å². The summed E-state index contributed by atoms with van der Waals surface area (Å²) >= 11 is 5.92. The van der Waals surface area contributed by atoms with E-state index in [1.807, 2.05) is 6.07 Å². The van der Waals surface area contributed by atoms with Crippen molar-refractivity contribution in [1.82, 2.24) is 4.98 Å². The van der Waals surface area contributed by atoms with Gasteiger partial charge in [-0.1, -0.05) is 17.7 Å². The van der Waals surface area contributed by atoms with E-state index in [0.717, 1.165) is 5.56 Å². The number of amides is 1. The van der Waals surface area contributed by atoms with Crippen LogP contribution in [0.4, 0.5) is 5.69 Å². The molecule has 0 unspecified atom stereocenters. The van der Waals surface area contributed by atoms with Gasteiger partial charge in [-0.05, 0) is 35.9 Å². The number of rotatable bonds is 4. The minimum Gasteiger partial charge on any atom is -0.478 e. The molecule has 5 nitrogen and oxygen atoms in total. The Morgan fingerprint density at radius 3 is 2.71 bits per heavy atom. The third-order valence-corrected chi connectivity index (χ3v) is 2.90. The first kappa shape index (κ1) is 14.7. The fraction of sp³-hybridized carbons (Fsp3) is 0. The molecule has 0 aliphatic carbocycles. The number of carboxylic acid groups (broad SMARTS) is 1. The largest absolute Gasteiger partial charge is 0.478 e. The number of carbonyl (C=O) groups is 2. The van der Waals surface area contributed by atoms with Crippen LogP contribution in [0.1, 0.15) is 15.9 Å². The van der Waals surface area contributed by atoms with Gasteiger partial charge in [-0.25, -0.2) is 4.79 Å². The Hall–Kier alpha value is -2.66. The fourth-order valence-electron chi connectivity index (χ4n) is 1.57. The van der Waals surface area contributed by atoms with Crippen LogP contribution in [0.5, 0.6) is 0 Å². The quantitative estimate of drug-likeness (QED) is 0.851. The summed E-state index contributed by atoms with van der Waals surface area (Å²) in [5.41, 5.74) is 1.20. The number of hydrogen-bond acceptors (Lipinski definition) is 3. The van der Waals surface area contributed by atoms with E-state index in [-0.39, 0.29) is 16.5 Å². The predicted octanol–water partition coefficient (Wildman–Crippen LogP) is 3.09. The van der Waals surface area contributed by atoms with Crippen molar-refractivity contribution in [1.29, 1.82) is 0 Å². The van der Waals surface area contributed by atoms with Crippen LogP contribution in [0.2, 0.25) is 5.02 Å². The lowest BCUT2D eigenvalue weighted by Gasteiger charge is -2.05. The highest BCUT2D eigenvalue weighted by Gasteiger charge is 2.08. The van der Waals surface area contributed by atoms with Gasteiger partial charge < -0.3 is 10.4 Å². The molecule has 6 heteroatoms. The summed E-state index contributed by atoms with van der Waals surface area (Å²) in [6.45, 7) is 0. The zero-order valence-electron chi connectivity index (χ0n) is 10.8. The van der Waals surface area contributed by atoms with Gasteiger partial charge in [0.1, 0.15) is 0 Å². The zero-order chi connectivity index (χ0) is 15.2. The SMILES string of the molecule is O=C(C=Cc1cccnc1)Nc1ccc(C(=O)O)cc1Cl. The average Bonchev–Trinajstić information content (AvgIpc) is 2.48. The van der Waals surface area contributed by atoms with Crippen molar-refractivity contribution in [3.05, 3.63) is 65.0 Å². The van der Waals surface area contributed by atoms with Gasteiger partial charge in [0, 0.05) is 18.5 Å². The van der Waals surface area contributed by atoms with Crippen molar-refractivity contribution in [3.63, 3.8) is 0 Å². The highest BCUT2D eigenvalue weighted by atomic mass is 35.5. The van der Waals surface area contributed by atoms with Crippen molar-refractivity contribution in [3.8, 4) is 0 Å². The summed E-state index contributed by atoms with van der Waals surface area (Å²) in [6, 6.07) is 7.67. The maximum atomic E-state index is 11.8. The molecule has 0 radical (unpaired) electrons. The van der Waals surface area contributed by atoms with Crippen LogP contribution in [0.3, 0.4) is 0 Å². The first-order valence-corrected chi connectivity index (χ1v) is 6.36. The molecule has 2 N–H and O–H groups in total. The van der Waals surface area contributed by atoms with Gasteiger partial charge in [0.15, 0.2) is 0 Å². The number of halogens is 1. The molecule has 0 fully saturated rings. The zero-order valence-corrected chi connectivity index (χ0v) is 11.5. The van der Waals surface area contributed by atoms with Gasteiger partial charge in [0.2, 0.25) is 5.91 Å². The van der Waals surface area contributed by atoms with Gasteiger partial charge in [0.05, 0.1) is 16.3 Å². The van der Waals surface area contributed by atoms with Crippen LogP contribution in [0, 0.1) is 0 Å². The van der Waals surface area contributed by atoms with E-state index in [0.29, 0.717) is 5.69 Å². The Bertz CT molecular complexity index is 699. The van der Waals surface area contributed by atoms with Crippen LogP contribution < -0.4 is 5.32 Å². The molecule has 1 aromatic heterocycles. The van der Waals surface area contributed by atoms with E-state index < -0.39 is 5.97 Å². The summed E-state index contributed by atoms with van der Waals surface area (Å²) in [4.78, 5) is 26.5. The Morgan fingerprint density at radius 1 is 1.29 bits per heavy atom. The molecule has 0 spiro atoms. The number of anilines is 1.